The van der Waals surface area contributed by atoms with E-state index in [0.29, 0.717) is 5.75 Å². The number of methoxy groups -OCH3 is 1. The third kappa shape index (κ3) is 3.47. The number of rotatable bonds is 4. The highest BCUT2D eigenvalue weighted by molar-refractivity contribution is 7.99. The van der Waals surface area contributed by atoms with Gasteiger partial charge in [0, 0.05) is 10.6 Å². The van der Waals surface area contributed by atoms with Gasteiger partial charge < -0.3 is 9.84 Å². The molecule has 0 heterocycles. The Labute approximate surface area is 93.4 Å². The van der Waals surface area contributed by atoms with Crippen molar-refractivity contribution in [2.24, 2.45) is 5.92 Å². The van der Waals surface area contributed by atoms with Crippen molar-refractivity contribution in [3.63, 3.8) is 0 Å². The number of esters is 1. The maximum absolute atomic E-state index is 11.1. The molecule has 0 aromatic heterocycles. The zero-order chi connectivity index (χ0) is 11.3. The van der Waals surface area contributed by atoms with E-state index >= 15 is 0 Å². The molecule has 0 spiro atoms. The molecule has 1 unspecified atom stereocenters. The Morgan fingerprint density at radius 1 is 1.53 bits per heavy atom. The van der Waals surface area contributed by atoms with Crippen LogP contribution < -0.4 is 0 Å². The number of phenols is 1. The third-order valence-corrected chi connectivity index (χ3v) is 3.28. The summed E-state index contributed by atoms with van der Waals surface area (Å²) >= 11 is 1.45. The molecular formula is C11H14O3S. The van der Waals surface area contributed by atoms with E-state index in [4.69, 9.17) is 0 Å². The van der Waals surface area contributed by atoms with Gasteiger partial charge in [-0.3, -0.25) is 4.79 Å². The zero-order valence-corrected chi connectivity index (χ0v) is 9.58. The van der Waals surface area contributed by atoms with Crippen LogP contribution >= 0.6 is 11.8 Å². The molecule has 0 saturated heterocycles. The van der Waals surface area contributed by atoms with Crippen molar-refractivity contribution < 1.29 is 14.6 Å². The Balaban J connectivity index is 2.50. The van der Waals surface area contributed by atoms with Gasteiger partial charge in [0.15, 0.2) is 0 Å². The number of para-hydroxylation sites is 1. The number of benzene rings is 1. The highest BCUT2D eigenvalue weighted by atomic mass is 32.2. The lowest BCUT2D eigenvalue weighted by Gasteiger charge is -2.09. The second-order valence-electron chi connectivity index (χ2n) is 3.20. The van der Waals surface area contributed by atoms with Crippen LogP contribution in [0.3, 0.4) is 0 Å². The summed E-state index contributed by atoms with van der Waals surface area (Å²) in [5.74, 6) is 0.460. The van der Waals surface area contributed by atoms with E-state index in [1.807, 2.05) is 12.1 Å². The molecule has 0 saturated carbocycles. The normalized spacial score (nSPS) is 12.1. The van der Waals surface area contributed by atoms with E-state index in [9.17, 15) is 9.90 Å². The fraction of sp³-hybridized carbons (Fsp3) is 0.364. The lowest BCUT2D eigenvalue weighted by molar-refractivity contribution is -0.143. The third-order valence-electron chi connectivity index (χ3n) is 1.96. The SMILES string of the molecule is COC(=O)C(C)CSc1ccccc1O. The second kappa shape index (κ2) is 5.66. The van der Waals surface area contributed by atoms with Gasteiger partial charge >= 0.3 is 5.97 Å². The molecule has 4 heteroatoms. The Morgan fingerprint density at radius 2 is 2.20 bits per heavy atom. The Morgan fingerprint density at radius 3 is 2.80 bits per heavy atom. The highest BCUT2D eigenvalue weighted by Crippen LogP contribution is 2.29. The van der Waals surface area contributed by atoms with Gasteiger partial charge in [0.25, 0.3) is 0 Å². The molecule has 3 nitrogen and oxygen atoms in total. The average Bonchev–Trinajstić information content (AvgIpc) is 2.26. The van der Waals surface area contributed by atoms with E-state index in [0.717, 1.165) is 4.90 Å². The minimum absolute atomic E-state index is 0.167. The molecule has 1 aromatic rings. The van der Waals surface area contributed by atoms with Crippen LogP contribution in [0.1, 0.15) is 6.92 Å². The maximum atomic E-state index is 11.1. The van der Waals surface area contributed by atoms with Gasteiger partial charge in [-0.1, -0.05) is 19.1 Å². The van der Waals surface area contributed by atoms with Crippen LogP contribution in [-0.4, -0.2) is 23.9 Å². The van der Waals surface area contributed by atoms with Gasteiger partial charge in [0.05, 0.1) is 13.0 Å². The monoisotopic (exact) mass is 226 g/mol. The number of hydrogen-bond donors (Lipinski definition) is 1. The summed E-state index contributed by atoms with van der Waals surface area (Å²) in [6.45, 7) is 1.80. The van der Waals surface area contributed by atoms with E-state index in [-0.39, 0.29) is 17.6 Å². The largest absolute Gasteiger partial charge is 0.507 e. The Bertz CT molecular complexity index is 338. The predicted octanol–water partition coefficient (Wildman–Crippen LogP) is 2.29. The molecule has 0 aliphatic heterocycles. The van der Waals surface area contributed by atoms with Gasteiger partial charge in [0.2, 0.25) is 0 Å². The fourth-order valence-electron chi connectivity index (χ4n) is 1.06. The van der Waals surface area contributed by atoms with Crippen LogP contribution in [0.5, 0.6) is 5.75 Å². The standard InChI is InChI=1S/C11H14O3S/c1-8(11(13)14-2)7-15-10-6-4-3-5-9(10)12/h3-6,8,12H,7H2,1-2H3. The number of carbonyl (C=O) groups is 1. The van der Waals surface area contributed by atoms with Gasteiger partial charge in [-0.25, -0.2) is 0 Å². The number of phenolic OH excluding ortho intramolecular Hbond substituents is 1. The first-order valence-corrected chi connectivity index (χ1v) is 5.62. The molecule has 1 rings (SSSR count). The molecule has 15 heavy (non-hydrogen) atoms. The first-order chi connectivity index (χ1) is 7.15. The summed E-state index contributed by atoms with van der Waals surface area (Å²) < 4.78 is 4.62. The molecule has 1 aromatic carbocycles. The summed E-state index contributed by atoms with van der Waals surface area (Å²) in [4.78, 5) is 11.9. The fourth-order valence-corrected chi connectivity index (χ4v) is 2.02. The van der Waals surface area contributed by atoms with Gasteiger partial charge in [-0.2, -0.15) is 0 Å². The number of thioether (sulfide) groups is 1. The van der Waals surface area contributed by atoms with Crippen molar-refractivity contribution in [3.8, 4) is 5.75 Å². The van der Waals surface area contributed by atoms with Crippen LogP contribution in [0.25, 0.3) is 0 Å². The van der Waals surface area contributed by atoms with Crippen LogP contribution in [-0.2, 0) is 9.53 Å². The van der Waals surface area contributed by atoms with E-state index < -0.39 is 0 Å². The molecule has 0 bridgehead atoms. The van der Waals surface area contributed by atoms with Gasteiger partial charge in [-0.05, 0) is 12.1 Å². The summed E-state index contributed by atoms with van der Waals surface area (Å²) in [5.41, 5.74) is 0. The topological polar surface area (TPSA) is 46.5 Å². The molecular weight excluding hydrogens is 212 g/mol. The van der Waals surface area contributed by atoms with E-state index in [1.54, 1.807) is 19.1 Å². The first kappa shape index (κ1) is 11.9. The molecule has 82 valence electrons. The molecule has 1 atom stereocenters. The lowest BCUT2D eigenvalue weighted by atomic mass is 10.2. The Hall–Kier alpha value is -1.16. The number of hydrogen-bond acceptors (Lipinski definition) is 4. The minimum Gasteiger partial charge on any atom is -0.507 e. The number of aromatic hydroxyl groups is 1. The number of ether oxygens (including phenoxy) is 1. The van der Waals surface area contributed by atoms with Gasteiger partial charge in [-0.15, -0.1) is 11.8 Å². The van der Waals surface area contributed by atoms with Crippen molar-refractivity contribution in [3.05, 3.63) is 24.3 Å². The Kier molecular flexibility index (Phi) is 4.49. The zero-order valence-electron chi connectivity index (χ0n) is 8.77. The quantitative estimate of drug-likeness (QED) is 0.632. The van der Waals surface area contributed by atoms with Crippen LogP contribution in [0.2, 0.25) is 0 Å². The minimum atomic E-state index is -0.224. The summed E-state index contributed by atoms with van der Waals surface area (Å²) in [5, 5.41) is 9.48. The summed E-state index contributed by atoms with van der Waals surface area (Å²) in [7, 11) is 1.38. The molecule has 0 aliphatic rings. The lowest BCUT2D eigenvalue weighted by Crippen LogP contribution is -2.14. The molecule has 0 fully saturated rings. The van der Waals surface area contributed by atoms with Crippen molar-refractivity contribution in [2.45, 2.75) is 11.8 Å². The second-order valence-corrected chi connectivity index (χ2v) is 4.26. The van der Waals surface area contributed by atoms with Crippen molar-refractivity contribution in [1.29, 1.82) is 0 Å². The average molecular weight is 226 g/mol. The summed E-state index contributed by atoms with van der Waals surface area (Å²) in [6.07, 6.45) is 0. The maximum Gasteiger partial charge on any atom is 0.309 e. The van der Waals surface area contributed by atoms with Crippen LogP contribution in [0.15, 0.2) is 29.2 Å². The highest BCUT2D eigenvalue weighted by Gasteiger charge is 2.13. The van der Waals surface area contributed by atoms with Gasteiger partial charge in [0.1, 0.15) is 5.75 Å². The molecule has 1 N–H and O–H groups in total. The number of carbonyl (C=O) groups excluding carboxylic acids is 1. The molecule has 0 amide bonds. The molecule has 0 aliphatic carbocycles. The van der Waals surface area contributed by atoms with Crippen LogP contribution in [0, 0.1) is 5.92 Å². The van der Waals surface area contributed by atoms with Crippen molar-refractivity contribution >= 4 is 17.7 Å². The first-order valence-electron chi connectivity index (χ1n) is 4.63. The van der Waals surface area contributed by atoms with Crippen molar-refractivity contribution in [1.82, 2.24) is 0 Å². The summed E-state index contributed by atoms with van der Waals surface area (Å²) in [6, 6.07) is 7.07. The van der Waals surface area contributed by atoms with Crippen LogP contribution in [0.4, 0.5) is 0 Å². The molecule has 0 radical (unpaired) electrons. The van der Waals surface area contributed by atoms with Crippen molar-refractivity contribution in [2.75, 3.05) is 12.9 Å². The smallest absolute Gasteiger partial charge is 0.309 e. The predicted molar refractivity (Wildman–Crippen MR) is 60.0 cm³/mol. The van der Waals surface area contributed by atoms with E-state index in [2.05, 4.69) is 4.74 Å². The van der Waals surface area contributed by atoms with E-state index in [1.165, 1.54) is 18.9 Å².